The van der Waals surface area contributed by atoms with Crippen molar-refractivity contribution in [2.75, 3.05) is 11.1 Å². The summed E-state index contributed by atoms with van der Waals surface area (Å²) >= 11 is 0. The lowest BCUT2D eigenvalue weighted by Gasteiger charge is -2.47. The van der Waals surface area contributed by atoms with Gasteiger partial charge in [0.25, 0.3) is 0 Å². The van der Waals surface area contributed by atoms with Gasteiger partial charge in [0.05, 0.1) is 17.3 Å². The van der Waals surface area contributed by atoms with Crippen molar-refractivity contribution in [3.8, 4) is 0 Å². The number of nitrogen functional groups attached to an aromatic ring is 1. The zero-order chi connectivity index (χ0) is 13.4. The minimum atomic E-state index is -0.665. The van der Waals surface area contributed by atoms with Gasteiger partial charge in [-0.1, -0.05) is 12.1 Å². The van der Waals surface area contributed by atoms with Crippen molar-refractivity contribution in [2.45, 2.75) is 31.7 Å². The highest BCUT2D eigenvalue weighted by Crippen LogP contribution is 2.46. The van der Waals surface area contributed by atoms with Crippen molar-refractivity contribution >= 4 is 17.3 Å². The van der Waals surface area contributed by atoms with Gasteiger partial charge in [-0.15, -0.1) is 0 Å². The molecule has 4 nitrogen and oxygen atoms in total. The molecule has 3 fully saturated rings. The fourth-order valence-electron chi connectivity index (χ4n) is 3.82. The topological polar surface area (TPSA) is 75.3 Å². The second-order valence-electron chi connectivity index (χ2n) is 5.80. The first-order valence-corrected chi connectivity index (χ1v) is 7.00. The van der Waals surface area contributed by atoms with Gasteiger partial charge in [-0.2, -0.15) is 0 Å². The van der Waals surface area contributed by atoms with Gasteiger partial charge in [0.1, 0.15) is 0 Å². The molecule has 102 valence electrons. The Kier molecular flexibility index (Phi) is 3.09. The third kappa shape index (κ3) is 2.15. The highest BCUT2D eigenvalue weighted by molar-refractivity contribution is 5.74. The molecule has 4 rings (SSSR count). The molecule has 2 unspecified atom stereocenters. The minimum Gasteiger partial charge on any atom is -0.481 e. The summed E-state index contributed by atoms with van der Waals surface area (Å²) in [6, 6.07) is 7.61. The second-order valence-corrected chi connectivity index (χ2v) is 5.80. The van der Waals surface area contributed by atoms with E-state index < -0.39 is 5.97 Å². The number of nitrogens with two attached hydrogens (primary N) is 1. The lowest BCUT2D eigenvalue weighted by atomic mass is 9.61. The Balaban J connectivity index is 1.86. The van der Waals surface area contributed by atoms with Gasteiger partial charge in [-0.05, 0) is 49.7 Å². The average molecular weight is 260 g/mol. The van der Waals surface area contributed by atoms with Crippen LogP contribution in [0, 0.1) is 17.8 Å². The number of rotatable bonds is 3. The maximum Gasteiger partial charge on any atom is 0.308 e. The van der Waals surface area contributed by atoms with Crippen molar-refractivity contribution in [3.05, 3.63) is 24.3 Å². The fraction of sp³-hybridized carbons (Fsp3) is 0.533. The van der Waals surface area contributed by atoms with Gasteiger partial charge in [0, 0.05) is 6.04 Å². The number of anilines is 2. The van der Waals surface area contributed by atoms with Gasteiger partial charge < -0.3 is 16.2 Å². The quantitative estimate of drug-likeness (QED) is 0.730. The number of hydrogen-bond acceptors (Lipinski definition) is 3. The van der Waals surface area contributed by atoms with Crippen LogP contribution in [0.3, 0.4) is 0 Å². The van der Waals surface area contributed by atoms with Crippen LogP contribution < -0.4 is 11.1 Å². The molecule has 4 heteroatoms. The van der Waals surface area contributed by atoms with Gasteiger partial charge in [0.2, 0.25) is 0 Å². The highest BCUT2D eigenvalue weighted by Gasteiger charge is 2.47. The largest absolute Gasteiger partial charge is 0.481 e. The maximum atomic E-state index is 11.6. The summed E-state index contributed by atoms with van der Waals surface area (Å²) in [5.74, 6) is -0.149. The fourth-order valence-corrected chi connectivity index (χ4v) is 3.82. The van der Waals surface area contributed by atoms with E-state index >= 15 is 0 Å². The van der Waals surface area contributed by atoms with Crippen LogP contribution in [0.2, 0.25) is 0 Å². The van der Waals surface area contributed by atoms with Crippen molar-refractivity contribution in [1.82, 2.24) is 0 Å². The molecule has 2 atom stereocenters. The molecule has 3 aliphatic carbocycles. The number of benzene rings is 1. The molecule has 0 amide bonds. The molecule has 0 heterocycles. The Morgan fingerprint density at radius 1 is 1.16 bits per heavy atom. The third-order valence-electron chi connectivity index (χ3n) is 4.79. The van der Waals surface area contributed by atoms with Crippen molar-refractivity contribution in [1.29, 1.82) is 0 Å². The Morgan fingerprint density at radius 2 is 1.79 bits per heavy atom. The summed E-state index contributed by atoms with van der Waals surface area (Å²) in [6.07, 6.45) is 4.39. The molecule has 1 aromatic carbocycles. The summed E-state index contributed by atoms with van der Waals surface area (Å²) in [5, 5.41) is 12.9. The molecule has 0 radical (unpaired) electrons. The van der Waals surface area contributed by atoms with Crippen LogP contribution in [-0.4, -0.2) is 17.1 Å². The van der Waals surface area contributed by atoms with Crippen LogP contribution in [0.4, 0.5) is 11.4 Å². The smallest absolute Gasteiger partial charge is 0.308 e. The van der Waals surface area contributed by atoms with Crippen molar-refractivity contribution in [3.63, 3.8) is 0 Å². The van der Waals surface area contributed by atoms with E-state index in [0.29, 0.717) is 17.5 Å². The normalized spacial score (nSPS) is 33.1. The molecule has 3 saturated carbocycles. The predicted octanol–water partition coefficient (Wildman–Crippen LogP) is 2.57. The van der Waals surface area contributed by atoms with E-state index in [0.717, 1.165) is 31.4 Å². The number of carboxylic acids is 1. The number of aliphatic carboxylic acids is 1. The Bertz CT molecular complexity index is 481. The Labute approximate surface area is 113 Å². The molecular formula is C15H20N2O2. The molecule has 4 N–H and O–H groups in total. The van der Waals surface area contributed by atoms with Crippen LogP contribution in [-0.2, 0) is 4.79 Å². The average Bonchev–Trinajstić information content (AvgIpc) is 2.42. The summed E-state index contributed by atoms with van der Waals surface area (Å²) in [4.78, 5) is 11.6. The Morgan fingerprint density at radius 3 is 2.42 bits per heavy atom. The number of para-hydroxylation sites is 2. The van der Waals surface area contributed by atoms with E-state index in [9.17, 15) is 9.90 Å². The van der Waals surface area contributed by atoms with E-state index in [-0.39, 0.29) is 12.0 Å². The number of carbonyl (C=O) groups is 1. The van der Waals surface area contributed by atoms with E-state index in [2.05, 4.69) is 5.32 Å². The zero-order valence-electron chi connectivity index (χ0n) is 10.9. The SMILES string of the molecule is Nc1ccccc1NC1C2CCC(CC2)C1C(=O)O. The van der Waals surface area contributed by atoms with Gasteiger partial charge in [0.15, 0.2) is 0 Å². The van der Waals surface area contributed by atoms with Gasteiger partial charge >= 0.3 is 5.97 Å². The van der Waals surface area contributed by atoms with Crippen LogP contribution in [0.25, 0.3) is 0 Å². The standard InChI is InChI=1S/C15H20N2O2/c16-11-3-1-2-4-12(11)17-14-10-7-5-9(6-8-10)13(14)15(18)19/h1-4,9-10,13-14,17H,5-8,16H2,(H,18,19). The zero-order valence-corrected chi connectivity index (χ0v) is 10.9. The molecule has 0 spiro atoms. The lowest BCUT2D eigenvalue weighted by molar-refractivity contribution is -0.148. The molecular weight excluding hydrogens is 240 g/mol. The first kappa shape index (κ1) is 12.3. The molecule has 19 heavy (non-hydrogen) atoms. The number of hydrogen-bond donors (Lipinski definition) is 3. The minimum absolute atomic E-state index is 0.0229. The number of fused-ring (bicyclic) bond motifs is 3. The van der Waals surface area contributed by atoms with Crippen LogP contribution in [0.1, 0.15) is 25.7 Å². The Hall–Kier alpha value is -1.71. The molecule has 0 aromatic heterocycles. The monoisotopic (exact) mass is 260 g/mol. The summed E-state index contributed by atoms with van der Waals surface area (Å²) in [7, 11) is 0. The van der Waals surface area contributed by atoms with E-state index in [1.165, 1.54) is 0 Å². The van der Waals surface area contributed by atoms with E-state index in [4.69, 9.17) is 5.73 Å². The number of carboxylic acid groups (broad SMARTS) is 1. The molecule has 0 aliphatic heterocycles. The maximum absolute atomic E-state index is 11.6. The van der Waals surface area contributed by atoms with E-state index in [1.807, 2.05) is 24.3 Å². The summed E-state index contributed by atoms with van der Waals surface area (Å²) in [6.45, 7) is 0. The van der Waals surface area contributed by atoms with E-state index in [1.54, 1.807) is 0 Å². The lowest BCUT2D eigenvalue weighted by Crippen LogP contribution is -2.51. The van der Waals surface area contributed by atoms with Crippen molar-refractivity contribution in [2.24, 2.45) is 17.8 Å². The first-order chi connectivity index (χ1) is 9.16. The summed E-state index contributed by atoms with van der Waals surface area (Å²) < 4.78 is 0. The number of nitrogens with one attached hydrogen (secondary N) is 1. The predicted molar refractivity (Wildman–Crippen MR) is 74.8 cm³/mol. The van der Waals surface area contributed by atoms with Crippen LogP contribution in [0.15, 0.2) is 24.3 Å². The van der Waals surface area contributed by atoms with Crippen LogP contribution in [0.5, 0.6) is 0 Å². The second kappa shape index (κ2) is 4.76. The van der Waals surface area contributed by atoms with Gasteiger partial charge in [-0.3, -0.25) is 4.79 Å². The molecule has 3 aliphatic rings. The van der Waals surface area contributed by atoms with Gasteiger partial charge in [-0.25, -0.2) is 0 Å². The summed E-state index contributed by atoms with van der Waals surface area (Å²) in [5.41, 5.74) is 7.50. The first-order valence-electron chi connectivity index (χ1n) is 7.00. The third-order valence-corrected chi connectivity index (χ3v) is 4.79. The molecule has 1 aromatic rings. The van der Waals surface area contributed by atoms with Crippen molar-refractivity contribution < 1.29 is 9.90 Å². The molecule has 0 saturated heterocycles. The van der Waals surface area contributed by atoms with Crippen LogP contribution >= 0.6 is 0 Å². The highest BCUT2D eigenvalue weighted by atomic mass is 16.4. The molecule has 2 bridgehead atoms.